The third kappa shape index (κ3) is 3.70. The third-order valence-electron chi connectivity index (χ3n) is 2.69. The number of pyridine rings is 2. The molecule has 112 valence electrons. The van der Waals surface area contributed by atoms with Crippen LogP contribution in [0.25, 0.3) is 0 Å². The van der Waals surface area contributed by atoms with Crippen LogP contribution < -0.4 is 10.0 Å². The number of sulfonamides is 1. The first-order chi connectivity index (χ1) is 9.94. The van der Waals surface area contributed by atoms with E-state index in [1.54, 1.807) is 25.3 Å². The van der Waals surface area contributed by atoms with Crippen LogP contribution in [0.2, 0.25) is 0 Å². The van der Waals surface area contributed by atoms with E-state index >= 15 is 0 Å². The Morgan fingerprint density at radius 1 is 1.29 bits per heavy atom. The summed E-state index contributed by atoms with van der Waals surface area (Å²) in [4.78, 5) is 8.22. The van der Waals surface area contributed by atoms with Gasteiger partial charge in [0.05, 0.1) is 0 Å². The maximum absolute atomic E-state index is 12.5. The van der Waals surface area contributed by atoms with Crippen molar-refractivity contribution in [2.24, 2.45) is 0 Å². The molecule has 6 nitrogen and oxygen atoms in total. The molecule has 2 N–H and O–H groups in total. The molecule has 2 aromatic rings. The first kappa shape index (κ1) is 15.7. The van der Waals surface area contributed by atoms with Crippen molar-refractivity contribution >= 4 is 37.6 Å². The van der Waals surface area contributed by atoms with Crippen LogP contribution in [-0.4, -0.2) is 24.9 Å². The highest BCUT2D eigenvalue weighted by atomic mass is 79.9. The summed E-state index contributed by atoms with van der Waals surface area (Å²) in [5.74, 6) is 0.613. The Hall–Kier alpha value is -1.67. The van der Waals surface area contributed by atoms with Gasteiger partial charge in [-0.1, -0.05) is 6.07 Å². The predicted octanol–water partition coefficient (Wildman–Crippen LogP) is 2.78. The number of aryl methyl sites for hydroxylation is 1. The number of anilines is 2. The molecule has 2 heterocycles. The summed E-state index contributed by atoms with van der Waals surface area (Å²) in [5.41, 5.74) is 0.744. The Balaban J connectivity index is 2.44. The van der Waals surface area contributed by atoms with Crippen molar-refractivity contribution in [2.75, 3.05) is 16.6 Å². The summed E-state index contributed by atoms with van der Waals surface area (Å²) in [6.45, 7) is 4.23. The van der Waals surface area contributed by atoms with Crippen molar-refractivity contribution in [3.8, 4) is 0 Å². The van der Waals surface area contributed by atoms with Crippen LogP contribution in [0.15, 0.2) is 40.0 Å². The normalized spacial score (nSPS) is 11.2. The van der Waals surface area contributed by atoms with E-state index < -0.39 is 10.0 Å². The smallest absolute Gasteiger partial charge is 0.266 e. The Bertz CT molecular complexity index is 750. The average Bonchev–Trinajstić information content (AvgIpc) is 2.43. The fourth-order valence-electron chi connectivity index (χ4n) is 1.70. The number of hydrogen-bond acceptors (Lipinski definition) is 5. The molecule has 0 spiro atoms. The van der Waals surface area contributed by atoms with Crippen molar-refractivity contribution in [2.45, 2.75) is 18.7 Å². The van der Waals surface area contributed by atoms with Crippen molar-refractivity contribution in [1.29, 1.82) is 0 Å². The second-order valence-electron chi connectivity index (χ2n) is 4.31. The zero-order chi connectivity index (χ0) is 15.5. The summed E-state index contributed by atoms with van der Waals surface area (Å²) < 4.78 is 28.2. The highest BCUT2D eigenvalue weighted by Crippen LogP contribution is 2.25. The lowest BCUT2D eigenvalue weighted by molar-refractivity contribution is 0.601. The quantitative estimate of drug-likeness (QED) is 0.845. The number of hydrogen-bond donors (Lipinski definition) is 2. The van der Waals surface area contributed by atoms with E-state index in [4.69, 9.17) is 0 Å². The SMILES string of the molecule is CCNc1ncc(Br)cc1S(=O)(=O)Nc1ncccc1C. The molecule has 2 aromatic heterocycles. The monoisotopic (exact) mass is 370 g/mol. The molecule has 0 aliphatic heterocycles. The van der Waals surface area contributed by atoms with Crippen molar-refractivity contribution in [1.82, 2.24) is 9.97 Å². The number of nitrogens with zero attached hydrogens (tertiary/aromatic N) is 2. The van der Waals surface area contributed by atoms with Crippen LogP contribution >= 0.6 is 15.9 Å². The molecule has 0 atom stereocenters. The van der Waals surface area contributed by atoms with Gasteiger partial charge in [0.25, 0.3) is 10.0 Å². The van der Waals surface area contributed by atoms with E-state index in [0.29, 0.717) is 22.7 Å². The molecule has 21 heavy (non-hydrogen) atoms. The maximum Gasteiger partial charge on any atom is 0.266 e. The van der Waals surface area contributed by atoms with E-state index in [2.05, 4.69) is 35.9 Å². The van der Waals surface area contributed by atoms with Crippen LogP contribution in [0.1, 0.15) is 12.5 Å². The molecule has 0 fully saturated rings. The topological polar surface area (TPSA) is 84.0 Å². The molecule has 0 aliphatic carbocycles. The van der Waals surface area contributed by atoms with Crippen LogP contribution in [0.3, 0.4) is 0 Å². The van der Waals surface area contributed by atoms with Gasteiger partial charge in [0.1, 0.15) is 16.5 Å². The van der Waals surface area contributed by atoms with Crippen LogP contribution in [-0.2, 0) is 10.0 Å². The molecule has 0 radical (unpaired) electrons. The number of aromatic nitrogens is 2. The molecule has 0 bridgehead atoms. The predicted molar refractivity (Wildman–Crippen MR) is 85.9 cm³/mol. The molecule has 2 rings (SSSR count). The lowest BCUT2D eigenvalue weighted by Crippen LogP contribution is -2.17. The van der Waals surface area contributed by atoms with E-state index in [-0.39, 0.29) is 4.90 Å². The molecule has 0 aliphatic rings. The number of halogens is 1. The summed E-state index contributed by atoms with van der Waals surface area (Å²) in [5, 5.41) is 2.94. The van der Waals surface area contributed by atoms with Crippen LogP contribution in [0, 0.1) is 6.92 Å². The molecular formula is C13H15BrN4O2S. The fraction of sp³-hybridized carbons (Fsp3) is 0.231. The van der Waals surface area contributed by atoms with E-state index in [1.807, 2.05) is 6.92 Å². The summed E-state index contributed by atoms with van der Waals surface area (Å²) >= 11 is 3.24. The minimum Gasteiger partial charge on any atom is -0.369 e. The van der Waals surface area contributed by atoms with E-state index in [9.17, 15) is 8.42 Å². The van der Waals surface area contributed by atoms with Crippen molar-refractivity contribution < 1.29 is 8.42 Å². The summed E-state index contributed by atoms with van der Waals surface area (Å²) in [6.07, 6.45) is 3.08. The third-order valence-corrected chi connectivity index (χ3v) is 4.48. The number of nitrogens with one attached hydrogen (secondary N) is 2. The van der Waals surface area contributed by atoms with E-state index in [0.717, 1.165) is 5.56 Å². The Kier molecular flexibility index (Phi) is 4.79. The van der Waals surface area contributed by atoms with E-state index in [1.165, 1.54) is 12.3 Å². The zero-order valence-corrected chi connectivity index (χ0v) is 14.0. The van der Waals surface area contributed by atoms with Crippen LogP contribution in [0.4, 0.5) is 11.6 Å². The molecule has 0 saturated carbocycles. The zero-order valence-electron chi connectivity index (χ0n) is 11.6. The first-order valence-electron chi connectivity index (χ1n) is 6.28. The second kappa shape index (κ2) is 6.40. The first-order valence-corrected chi connectivity index (χ1v) is 8.55. The van der Waals surface area contributed by atoms with Gasteiger partial charge in [-0.2, -0.15) is 0 Å². The average molecular weight is 371 g/mol. The standard InChI is InChI=1S/C13H15BrN4O2S/c1-3-15-13-11(7-10(14)8-17-13)21(19,20)18-12-9(2)5-4-6-16-12/h4-8H,3H2,1-2H3,(H,15,17)(H,16,18). The molecular weight excluding hydrogens is 356 g/mol. The highest BCUT2D eigenvalue weighted by Gasteiger charge is 2.21. The largest absolute Gasteiger partial charge is 0.369 e. The van der Waals surface area contributed by atoms with Gasteiger partial charge in [-0.3, -0.25) is 4.72 Å². The second-order valence-corrected chi connectivity index (χ2v) is 6.87. The van der Waals surface area contributed by atoms with Gasteiger partial charge in [-0.05, 0) is 47.5 Å². The fourth-order valence-corrected chi connectivity index (χ4v) is 3.42. The lowest BCUT2D eigenvalue weighted by atomic mass is 10.3. The van der Waals surface area contributed by atoms with Gasteiger partial charge in [0, 0.05) is 23.4 Å². The highest BCUT2D eigenvalue weighted by molar-refractivity contribution is 9.10. The number of rotatable bonds is 5. The van der Waals surface area contributed by atoms with Gasteiger partial charge < -0.3 is 5.32 Å². The van der Waals surface area contributed by atoms with Crippen LogP contribution in [0.5, 0.6) is 0 Å². The molecule has 0 amide bonds. The summed E-state index contributed by atoms with van der Waals surface area (Å²) in [6, 6.07) is 5.04. The Morgan fingerprint density at radius 3 is 2.71 bits per heavy atom. The Labute approximate surface area is 132 Å². The van der Waals surface area contributed by atoms with Gasteiger partial charge in [0.2, 0.25) is 0 Å². The van der Waals surface area contributed by atoms with Gasteiger partial charge >= 0.3 is 0 Å². The summed E-state index contributed by atoms with van der Waals surface area (Å²) in [7, 11) is -3.78. The lowest BCUT2D eigenvalue weighted by Gasteiger charge is -2.13. The minimum atomic E-state index is -3.78. The van der Waals surface area contributed by atoms with Gasteiger partial charge in [-0.15, -0.1) is 0 Å². The minimum absolute atomic E-state index is 0.0729. The molecule has 0 unspecified atom stereocenters. The Morgan fingerprint density at radius 2 is 2.05 bits per heavy atom. The molecule has 8 heteroatoms. The maximum atomic E-state index is 12.5. The van der Waals surface area contributed by atoms with Gasteiger partial charge in [-0.25, -0.2) is 18.4 Å². The van der Waals surface area contributed by atoms with Crippen molar-refractivity contribution in [3.05, 3.63) is 40.6 Å². The van der Waals surface area contributed by atoms with Crippen molar-refractivity contribution in [3.63, 3.8) is 0 Å². The molecule has 0 aromatic carbocycles. The van der Waals surface area contributed by atoms with Gasteiger partial charge in [0.15, 0.2) is 0 Å². The molecule has 0 saturated heterocycles.